The molecule has 4 amide bonds. The molecule has 1 aromatic heterocycles. The summed E-state index contributed by atoms with van der Waals surface area (Å²) in [5.41, 5.74) is 3.45. The number of nitrogens with zero attached hydrogens (tertiary/aromatic N) is 4. The maximum Gasteiger partial charge on any atom is 0.411 e. The average molecular weight is 991 g/mol. The van der Waals surface area contributed by atoms with Crippen molar-refractivity contribution in [3.8, 4) is 22.5 Å². The topological polar surface area (TPSA) is 216 Å². The van der Waals surface area contributed by atoms with Crippen molar-refractivity contribution in [1.29, 1.82) is 0 Å². The highest BCUT2D eigenvalue weighted by Gasteiger charge is 2.65. The second-order valence-corrected chi connectivity index (χ2v) is 19.7. The lowest BCUT2D eigenvalue weighted by atomic mass is 9.77. The smallest absolute Gasteiger partial charge is 0.411 e. The summed E-state index contributed by atoms with van der Waals surface area (Å²) >= 11 is 0. The number of carboxylic acids is 1. The molecule has 2 fully saturated rings. The van der Waals surface area contributed by atoms with Crippen LogP contribution in [0, 0.1) is 24.7 Å². The van der Waals surface area contributed by atoms with Crippen LogP contribution < -0.4 is 16.0 Å². The number of ether oxygens (including phenoxy) is 1. The highest BCUT2D eigenvalue weighted by molar-refractivity contribution is 5.98. The minimum Gasteiger partial charge on any atom is -0.477 e. The summed E-state index contributed by atoms with van der Waals surface area (Å²) < 4.78 is 61.6. The number of carboxylic acid groups (broad SMARTS) is 1. The Morgan fingerprint density at radius 2 is 1.49 bits per heavy atom. The zero-order chi connectivity index (χ0) is 51.8. The summed E-state index contributed by atoms with van der Waals surface area (Å²) in [5, 5.41) is 22.3. The summed E-state index contributed by atoms with van der Waals surface area (Å²) in [5.74, 6) is -17.7. The number of aromatic amines is 1. The summed E-state index contributed by atoms with van der Waals surface area (Å²) in [6.45, 7) is 8.84. The molecule has 3 aromatic carbocycles. The van der Waals surface area contributed by atoms with E-state index in [0.717, 1.165) is 35.1 Å². The number of halogens is 4. The second-order valence-electron chi connectivity index (χ2n) is 19.7. The molecule has 0 spiro atoms. The van der Waals surface area contributed by atoms with Gasteiger partial charge in [0.2, 0.25) is 17.6 Å². The van der Waals surface area contributed by atoms with Crippen LogP contribution in [0.4, 0.5) is 28.0 Å². The number of amides is 4. The van der Waals surface area contributed by atoms with E-state index in [2.05, 4.69) is 30.9 Å². The number of Topliss-reactive ketones (excluding diaryl/α,β-unsaturated/α-hetero) is 1. The first kappa shape index (κ1) is 53.6. The summed E-state index contributed by atoms with van der Waals surface area (Å²) in [4.78, 5) is 84.3. The molecule has 2 heterocycles. The molecular weight excluding hydrogens is 929 g/mol. The van der Waals surface area contributed by atoms with E-state index >= 15 is 0 Å². The molecule has 20 heteroatoms. The molecule has 6 rings (SSSR count). The Kier molecular flexibility index (Phi) is 17.1. The van der Waals surface area contributed by atoms with Crippen LogP contribution in [0.1, 0.15) is 93.0 Å². The van der Waals surface area contributed by atoms with Gasteiger partial charge in [-0.15, -0.1) is 0 Å². The van der Waals surface area contributed by atoms with Gasteiger partial charge in [-0.2, -0.15) is 22.7 Å². The highest BCUT2D eigenvalue weighted by atomic mass is 19.3. The van der Waals surface area contributed by atoms with Crippen LogP contribution in [0.3, 0.4) is 0 Å². The molecule has 1 aliphatic heterocycles. The lowest BCUT2D eigenvalue weighted by molar-refractivity contribution is -0.231. The number of benzene rings is 3. The Hall–Kier alpha value is -6.70. The molecule has 1 saturated carbocycles. The minimum atomic E-state index is -5.46. The summed E-state index contributed by atoms with van der Waals surface area (Å²) in [6, 6.07) is 18.8. The van der Waals surface area contributed by atoms with Gasteiger partial charge in [-0.05, 0) is 151 Å². The number of aliphatic carboxylic acids is 1. The number of piperidine rings is 1. The number of alkyl halides is 4. The van der Waals surface area contributed by atoms with E-state index in [1.165, 1.54) is 24.3 Å². The lowest BCUT2D eigenvalue weighted by Crippen LogP contribution is -2.47. The van der Waals surface area contributed by atoms with E-state index in [0.29, 0.717) is 56.9 Å². The fourth-order valence-corrected chi connectivity index (χ4v) is 8.89. The van der Waals surface area contributed by atoms with Crippen molar-refractivity contribution >= 4 is 41.3 Å². The van der Waals surface area contributed by atoms with Gasteiger partial charge in [0.1, 0.15) is 11.4 Å². The van der Waals surface area contributed by atoms with Crippen molar-refractivity contribution in [3.05, 3.63) is 89.2 Å². The Morgan fingerprint density at radius 3 is 2.08 bits per heavy atom. The molecule has 0 radical (unpaired) electrons. The Labute approximate surface area is 409 Å². The largest absolute Gasteiger partial charge is 0.477 e. The molecule has 5 N–H and O–H groups in total. The van der Waals surface area contributed by atoms with Crippen molar-refractivity contribution in [1.82, 2.24) is 35.6 Å². The van der Waals surface area contributed by atoms with Crippen LogP contribution in [-0.4, -0.2) is 123 Å². The van der Waals surface area contributed by atoms with Gasteiger partial charge < -0.3 is 35.6 Å². The van der Waals surface area contributed by atoms with Gasteiger partial charge in [0.25, 0.3) is 5.91 Å². The number of carbonyl (C=O) groups excluding carboxylic acids is 5. The van der Waals surface area contributed by atoms with E-state index < -0.39 is 53.0 Å². The molecular formula is C51H62F4N8O8. The maximum atomic E-state index is 14.4. The Morgan fingerprint density at radius 1 is 0.859 bits per heavy atom. The third-order valence-electron chi connectivity index (χ3n) is 13.1. The van der Waals surface area contributed by atoms with Gasteiger partial charge in [-0.1, -0.05) is 30.3 Å². The quantitative estimate of drug-likeness (QED) is 0.0611. The Bertz CT molecular complexity index is 2550. The van der Waals surface area contributed by atoms with Crippen molar-refractivity contribution < 1.29 is 56.2 Å². The van der Waals surface area contributed by atoms with E-state index in [9.17, 15) is 46.3 Å². The van der Waals surface area contributed by atoms with Crippen molar-refractivity contribution in [2.75, 3.05) is 45.6 Å². The second kappa shape index (κ2) is 22.6. The first-order valence-corrected chi connectivity index (χ1v) is 23.7. The van der Waals surface area contributed by atoms with Crippen LogP contribution in [0.5, 0.6) is 0 Å². The number of hydrogen-bond acceptors (Lipinski definition) is 10. The molecule has 16 nitrogen and oxygen atoms in total. The normalized spacial score (nSPS) is 17.3. The van der Waals surface area contributed by atoms with E-state index in [1.54, 1.807) is 42.9 Å². The summed E-state index contributed by atoms with van der Waals surface area (Å²) in [7, 11) is 4.06. The zero-order valence-corrected chi connectivity index (χ0v) is 40.8. The van der Waals surface area contributed by atoms with E-state index in [-0.39, 0.29) is 60.1 Å². The molecule has 1 atom stereocenters. The molecule has 382 valence electrons. The molecule has 71 heavy (non-hydrogen) atoms. The fourth-order valence-electron chi connectivity index (χ4n) is 8.89. The van der Waals surface area contributed by atoms with Crippen molar-refractivity contribution in [2.45, 2.75) is 103 Å². The zero-order valence-electron chi connectivity index (χ0n) is 40.8. The predicted octanol–water partition coefficient (Wildman–Crippen LogP) is 7.63. The van der Waals surface area contributed by atoms with Crippen LogP contribution in [0.15, 0.2) is 66.7 Å². The lowest BCUT2D eigenvalue weighted by Gasteiger charge is -2.35. The number of alkyl carbamates (subject to hydrolysis) is 1. The molecule has 2 aliphatic rings. The van der Waals surface area contributed by atoms with Crippen LogP contribution in [-0.2, 0) is 36.3 Å². The number of aryl methyl sites for hydroxylation is 1. The van der Waals surface area contributed by atoms with E-state index in [4.69, 9.17) is 9.84 Å². The average Bonchev–Trinajstić information content (AvgIpc) is 3.84. The van der Waals surface area contributed by atoms with Gasteiger partial charge in [0.05, 0.1) is 6.54 Å². The number of likely N-dealkylation sites (tertiary alicyclic amines) is 1. The third-order valence-corrected chi connectivity index (χ3v) is 13.1. The number of anilines is 1. The molecule has 1 saturated heterocycles. The number of hydrogen-bond donors (Lipinski definition) is 5. The standard InChI is InChI=1S/C51H62F4N8O8/c1-30-25-36(44(66)56-29-42(65)63-23-21-39(22-24-63)62(5)6)17-20-40(30)33-11-7-31(8-12-33)26-37(27-41(64)34-13-9-32(10-14-34)28-57-48(70)71-49(2,3)4)45(67)58-38-18-15-35(16-19-38)43-59-46(61-60-43)50(52,53)51(54,55)47(68)69/h7-8,11-12,15-20,25,32,34,37,39H,9-10,13-14,21-24,26-29H2,1-6H3,(H,56,66)(H,57,70)(H,58,67)(H,68,69)(H,59,60,61)/t32?,34?,37-/m1/s1. The molecule has 0 bridgehead atoms. The van der Waals surface area contributed by atoms with Crippen LogP contribution >= 0.6 is 0 Å². The Balaban J connectivity index is 1.11. The van der Waals surface area contributed by atoms with Gasteiger partial charge in [-0.25, -0.2) is 14.6 Å². The minimum absolute atomic E-state index is 0.0739. The van der Waals surface area contributed by atoms with E-state index in [1.807, 2.05) is 51.4 Å². The first-order valence-electron chi connectivity index (χ1n) is 23.7. The van der Waals surface area contributed by atoms with Crippen molar-refractivity contribution in [3.63, 3.8) is 0 Å². The summed E-state index contributed by atoms with van der Waals surface area (Å²) in [6.07, 6.45) is 3.93. The van der Waals surface area contributed by atoms with Gasteiger partial charge in [-0.3, -0.25) is 24.3 Å². The van der Waals surface area contributed by atoms with Gasteiger partial charge >= 0.3 is 23.9 Å². The SMILES string of the molecule is Cc1cc(C(=O)NCC(=O)N2CCC(N(C)C)CC2)ccc1-c1ccc(C[C@H](CC(=O)C2CCC(CNC(=O)OC(C)(C)C)CC2)C(=O)Nc2ccc(-c3n[nH]c(C(F)(F)C(F)(F)C(=O)O)n3)cc2)cc1. The first-order chi connectivity index (χ1) is 33.4. The van der Waals surface area contributed by atoms with Crippen LogP contribution in [0.25, 0.3) is 22.5 Å². The van der Waals surface area contributed by atoms with Gasteiger partial charge in [0.15, 0.2) is 5.82 Å². The number of carbonyl (C=O) groups is 6. The number of ketones is 1. The third kappa shape index (κ3) is 13.8. The molecule has 1 aliphatic carbocycles. The van der Waals surface area contributed by atoms with Crippen molar-refractivity contribution in [2.24, 2.45) is 17.8 Å². The maximum absolute atomic E-state index is 14.4. The molecule has 0 unspecified atom stereocenters. The number of H-pyrrole nitrogens is 1. The molecule has 4 aromatic rings. The number of rotatable bonds is 18. The predicted molar refractivity (Wildman–Crippen MR) is 256 cm³/mol. The van der Waals surface area contributed by atoms with Crippen LogP contribution in [0.2, 0.25) is 0 Å². The monoisotopic (exact) mass is 990 g/mol. The van der Waals surface area contributed by atoms with Gasteiger partial charge in [0, 0.05) is 60.7 Å². The number of aromatic nitrogens is 3. The number of nitrogens with one attached hydrogen (secondary N) is 4. The fraction of sp³-hybridized carbons (Fsp3) is 0.490. The highest BCUT2D eigenvalue weighted by Crippen LogP contribution is 2.42.